The molecule has 12 heteroatoms. The van der Waals surface area contributed by atoms with Crippen LogP contribution in [0.15, 0.2) is 65.8 Å². The van der Waals surface area contributed by atoms with Gasteiger partial charge in [0.2, 0.25) is 0 Å². The van der Waals surface area contributed by atoms with Crippen molar-refractivity contribution in [2.24, 2.45) is 0 Å². The molecule has 1 N–H and O–H groups in total. The molecule has 4 aliphatic rings. The molecule has 5 nitrogen and oxygen atoms in total. The van der Waals surface area contributed by atoms with E-state index < -0.39 is 53.7 Å². The zero-order chi connectivity index (χ0) is 32.1. The first-order valence-electron chi connectivity index (χ1n) is 15.0. The molecule has 1 spiro atoms. The van der Waals surface area contributed by atoms with Crippen molar-refractivity contribution < 1.29 is 50.1 Å². The van der Waals surface area contributed by atoms with Crippen LogP contribution in [0.25, 0.3) is 0 Å². The summed E-state index contributed by atoms with van der Waals surface area (Å²) in [5.74, 6) is -0.910. The van der Waals surface area contributed by atoms with Gasteiger partial charge in [0.15, 0.2) is 0 Å². The van der Waals surface area contributed by atoms with Crippen molar-refractivity contribution in [3.8, 4) is 0 Å². The Labute approximate surface area is 256 Å². The molecule has 3 unspecified atom stereocenters. The summed E-state index contributed by atoms with van der Waals surface area (Å²) in [6.07, 6.45) is -6.26. The molecule has 3 heterocycles. The number of aliphatic hydroxyl groups excluding tert-OH is 1. The van der Waals surface area contributed by atoms with Gasteiger partial charge in [-0.05, 0) is 91.3 Å². The van der Waals surface area contributed by atoms with E-state index in [0.717, 1.165) is 24.0 Å². The molecule has 244 valence electrons. The van der Waals surface area contributed by atoms with Crippen molar-refractivity contribution in [1.82, 2.24) is 4.90 Å². The number of fused-ring (bicyclic) bond motifs is 1. The molecule has 0 aromatic heterocycles. The minimum Gasteiger partial charge on any atom is -0.376 e. The van der Waals surface area contributed by atoms with Gasteiger partial charge < -0.3 is 19.3 Å². The molecule has 0 bridgehead atoms. The lowest BCUT2D eigenvalue weighted by Crippen LogP contribution is -2.45. The summed E-state index contributed by atoms with van der Waals surface area (Å²) in [7, 11) is 0. The monoisotopic (exact) mass is 641 g/mol. The third-order valence-electron chi connectivity index (χ3n) is 9.45. The minimum atomic E-state index is -4.99. The number of aliphatic hydroxyl groups is 1. The molecule has 3 aliphatic heterocycles. The van der Waals surface area contributed by atoms with E-state index >= 15 is 0 Å². The van der Waals surface area contributed by atoms with Gasteiger partial charge in [0, 0.05) is 18.5 Å². The van der Waals surface area contributed by atoms with Crippen LogP contribution in [0.3, 0.4) is 0 Å². The van der Waals surface area contributed by atoms with Gasteiger partial charge >= 0.3 is 12.4 Å². The summed E-state index contributed by atoms with van der Waals surface area (Å²) in [5, 5.41) is 11.3. The molecule has 2 aromatic carbocycles. The second-order valence-electron chi connectivity index (χ2n) is 12.3. The van der Waals surface area contributed by atoms with Gasteiger partial charge in [-0.1, -0.05) is 18.2 Å². The quantitative estimate of drug-likeness (QED) is 0.347. The van der Waals surface area contributed by atoms with Crippen LogP contribution in [0.2, 0.25) is 0 Å². The Morgan fingerprint density at radius 2 is 1.67 bits per heavy atom. The number of nitrogens with zero attached hydrogens (tertiary/aromatic N) is 1. The van der Waals surface area contributed by atoms with Gasteiger partial charge in [-0.3, -0.25) is 4.90 Å². The summed E-state index contributed by atoms with van der Waals surface area (Å²) in [6.45, 7) is 3.21. The molecule has 0 amide bonds. The number of allylic oxidation sites excluding steroid dienone is 1. The van der Waals surface area contributed by atoms with Crippen molar-refractivity contribution >= 4 is 0 Å². The topological polar surface area (TPSA) is 51.2 Å². The Bertz CT molecular complexity index is 1410. The maximum Gasteiger partial charge on any atom is 0.416 e. The zero-order valence-corrected chi connectivity index (χ0v) is 24.5. The number of halogens is 7. The fourth-order valence-corrected chi connectivity index (χ4v) is 7.12. The predicted molar refractivity (Wildman–Crippen MR) is 150 cm³/mol. The zero-order valence-electron chi connectivity index (χ0n) is 24.5. The molecule has 45 heavy (non-hydrogen) atoms. The number of benzene rings is 2. The van der Waals surface area contributed by atoms with Crippen LogP contribution in [-0.4, -0.2) is 60.3 Å². The molecule has 2 fully saturated rings. The van der Waals surface area contributed by atoms with E-state index in [1.165, 1.54) is 19.1 Å². The highest BCUT2D eigenvalue weighted by Gasteiger charge is 2.49. The van der Waals surface area contributed by atoms with Gasteiger partial charge in [-0.2, -0.15) is 26.3 Å². The first-order chi connectivity index (χ1) is 21.2. The first-order valence-corrected chi connectivity index (χ1v) is 15.0. The van der Waals surface area contributed by atoms with Crippen LogP contribution in [0.4, 0.5) is 30.7 Å². The third kappa shape index (κ3) is 6.71. The number of hydrogen-bond donors (Lipinski definition) is 1. The van der Waals surface area contributed by atoms with E-state index in [2.05, 4.69) is 6.08 Å². The first kappa shape index (κ1) is 32.2. The molecule has 0 saturated carbocycles. The summed E-state index contributed by atoms with van der Waals surface area (Å²) in [5.41, 5.74) is -0.710. The SMILES string of the molecule is C[C@@H](O[C@H]1CN2C(O)C=C(C3=CCC4(CC3)COCCO4)C[C@@H]2C1c1ccc(F)cc1)c1cc(C(F)(F)F)cc(C(F)(F)F)c1. The smallest absolute Gasteiger partial charge is 0.376 e. The number of rotatable bonds is 5. The molecule has 2 aromatic rings. The highest BCUT2D eigenvalue weighted by molar-refractivity contribution is 5.39. The van der Waals surface area contributed by atoms with Gasteiger partial charge in [-0.25, -0.2) is 4.39 Å². The Morgan fingerprint density at radius 1 is 0.978 bits per heavy atom. The highest BCUT2D eigenvalue weighted by atomic mass is 19.4. The molecule has 0 radical (unpaired) electrons. The number of ether oxygens (including phenoxy) is 3. The van der Waals surface area contributed by atoms with Crippen molar-refractivity contribution in [3.05, 3.63) is 93.8 Å². The summed E-state index contributed by atoms with van der Waals surface area (Å²) in [6, 6.07) is 6.92. The van der Waals surface area contributed by atoms with Crippen molar-refractivity contribution in [3.63, 3.8) is 0 Å². The van der Waals surface area contributed by atoms with Gasteiger partial charge in [0.05, 0.1) is 48.8 Å². The molecule has 6 atom stereocenters. The molecule has 2 saturated heterocycles. The van der Waals surface area contributed by atoms with Crippen LogP contribution in [0.5, 0.6) is 0 Å². The molecular weight excluding hydrogens is 607 g/mol. The Morgan fingerprint density at radius 3 is 2.24 bits per heavy atom. The predicted octanol–water partition coefficient (Wildman–Crippen LogP) is 7.32. The second-order valence-corrected chi connectivity index (χ2v) is 12.3. The average Bonchev–Trinajstić information content (AvgIpc) is 3.35. The maximum absolute atomic E-state index is 13.9. The summed E-state index contributed by atoms with van der Waals surface area (Å²) >= 11 is 0. The van der Waals surface area contributed by atoms with E-state index in [0.29, 0.717) is 50.4 Å². The van der Waals surface area contributed by atoms with E-state index in [1.807, 2.05) is 4.90 Å². The molecule has 6 rings (SSSR count). The van der Waals surface area contributed by atoms with Crippen molar-refractivity contribution in [2.75, 3.05) is 26.4 Å². The largest absolute Gasteiger partial charge is 0.416 e. The van der Waals surface area contributed by atoms with Crippen LogP contribution >= 0.6 is 0 Å². The molecule has 1 aliphatic carbocycles. The van der Waals surface area contributed by atoms with Crippen LogP contribution in [-0.2, 0) is 26.6 Å². The molecular formula is C33H34F7NO4. The van der Waals surface area contributed by atoms with E-state index in [4.69, 9.17) is 14.2 Å². The van der Waals surface area contributed by atoms with Crippen molar-refractivity contribution in [1.29, 1.82) is 0 Å². The van der Waals surface area contributed by atoms with Gasteiger partial charge in [0.1, 0.15) is 12.0 Å². The van der Waals surface area contributed by atoms with Crippen LogP contribution < -0.4 is 0 Å². The lowest BCUT2D eigenvalue weighted by atomic mass is 9.78. The fraction of sp³-hybridized carbons (Fsp3) is 0.515. The van der Waals surface area contributed by atoms with Crippen LogP contribution in [0.1, 0.15) is 66.9 Å². The number of alkyl halides is 6. The van der Waals surface area contributed by atoms with E-state index in [1.54, 1.807) is 18.2 Å². The van der Waals surface area contributed by atoms with Gasteiger partial charge in [-0.15, -0.1) is 0 Å². The average molecular weight is 642 g/mol. The highest BCUT2D eigenvalue weighted by Crippen LogP contribution is 2.47. The number of hydrogen-bond acceptors (Lipinski definition) is 5. The Hall–Kier alpha value is -2.77. The normalized spacial score (nSPS) is 30.2. The van der Waals surface area contributed by atoms with Gasteiger partial charge in [0.25, 0.3) is 0 Å². The lowest BCUT2D eigenvalue weighted by molar-refractivity contribution is -0.160. The lowest BCUT2D eigenvalue weighted by Gasteiger charge is -2.41. The van der Waals surface area contributed by atoms with Crippen LogP contribution in [0, 0.1) is 5.82 Å². The Kier molecular flexibility index (Phi) is 8.66. The third-order valence-corrected chi connectivity index (χ3v) is 9.45. The van der Waals surface area contributed by atoms with Crippen molar-refractivity contribution in [2.45, 2.75) is 81.0 Å². The Balaban J connectivity index is 1.28. The minimum absolute atomic E-state index is 0.0894. The maximum atomic E-state index is 13.9. The summed E-state index contributed by atoms with van der Waals surface area (Å²) < 4.78 is 113. The fourth-order valence-electron chi connectivity index (χ4n) is 7.12. The second kappa shape index (κ2) is 12.1. The van der Waals surface area contributed by atoms with E-state index in [-0.39, 0.29) is 29.8 Å². The standard InChI is InChI=1S/C33H34F7NO4/c1-19(22-12-24(32(35,36)37)16-25(13-22)33(38,39)40)45-28-17-41-27(30(28)21-2-4-26(34)5-3-21)14-23(15-29(41)42)20-6-8-31(9-7-20)18-43-10-11-44-31/h2-6,12-13,15-16,19,27-30,42H,7-11,14,17-18H2,1H3/t19-,27-,28+,29?,30?,31?/m1/s1. The summed E-state index contributed by atoms with van der Waals surface area (Å²) in [4.78, 5) is 1.82. The van der Waals surface area contributed by atoms with E-state index in [9.17, 15) is 35.8 Å².